The molecule has 1 aromatic rings. The largest absolute Gasteiger partial charge is 0.509 e. The van der Waals surface area contributed by atoms with Gasteiger partial charge in [0.25, 0.3) is 0 Å². The number of allylic oxidation sites excluding steroid dienone is 5. The Kier molecular flexibility index (Phi) is 7.86. The first-order chi connectivity index (χ1) is 14.7. The minimum Gasteiger partial charge on any atom is -0.509 e. The molecule has 2 aliphatic carbocycles. The maximum Gasteiger partial charge on any atom is 0.139 e. The average Bonchev–Trinajstić information content (AvgIpc) is 2.78. The first-order valence-corrected chi connectivity index (χ1v) is 10.8. The minimum atomic E-state index is -1.96. The normalized spacial score (nSPS) is 24.6. The van der Waals surface area contributed by atoms with E-state index < -0.39 is 35.9 Å². The maximum atomic E-state index is 10.6. The van der Waals surface area contributed by atoms with E-state index in [9.17, 15) is 30.6 Å². The summed E-state index contributed by atoms with van der Waals surface area (Å²) in [7, 11) is 0. The third-order valence-corrected chi connectivity index (χ3v) is 6.49. The van der Waals surface area contributed by atoms with Crippen LogP contribution >= 0.6 is 23.2 Å². The van der Waals surface area contributed by atoms with E-state index in [2.05, 4.69) is 0 Å². The molecule has 5 atom stereocenters. The molecule has 0 bridgehead atoms. The molecule has 6 N–H and O–H groups in total. The molecule has 31 heavy (non-hydrogen) atoms. The van der Waals surface area contributed by atoms with Crippen LogP contribution in [0.5, 0.6) is 0 Å². The van der Waals surface area contributed by atoms with Crippen molar-refractivity contribution in [3.05, 3.63) is 74.7 Å². The lowest BCUT2D eigenvalue weighted by Crippen LogP contribution is -2.46. The van der Waals surface area contributed by atoms with Gasteiger partial charge in [0.05, 0.1) is 10.0 Å². The number of hydrogen-bond acceptors (Lipinski definition) is 6. The number of fused-ring (bicyclic) bond motifs is 1. The Hall–Kier alpha value is -1.80. The second kappa shape index (κ2) is 10.2. The molecule has 6 nitrogen and oxygen atoms in total. The van der Waals surface area contributed by atoms with Gasteiger partial charge in [0.15, 0.2) is 0 Å². The third-order valence-electron chi connectivity index (χ3n) is 5.75. The third kappa shape index (κ3) is 5.34. The molecule has 1 saturated carbocycles. The predicted octanol–water partition coefficient (Wildman–Crippen LogP) is 3.83. The van der Waals surface area contributed by atoms with Crippen LogP contribution in [-0.4, -0.2) is 55.1 Å². The summed E-state index contributed by atoms with van der Waals surface area (Å²) in [6.45, 7) is 0. The second-order valence-electron chi connectivity index (χ2n) is 7.85. The first kappa shape index (κ1) is 23.9. The fourth-order valence-electron chi connectivity index (χ4n) is 3.99. The molecule has 0 aromatic heterocycles. The van der Waals surface area contributed by atoms with Crippen LogP contribution in [0.3, 0.4) is 0 Å². The van der Waals surface area contributed by atoms with Crippen LogP contribution in [0.25, 0.3) is 6.08 Å². The number of benzene rings is 1. The van der Waals surface area contributed by atoms with Gasteiger partial charge in [-0.05, 0) is 66.5 Å². The van der Waals surface area contributed by atoms with Gasteiger partial charge in [0, 0.05) is 0 Å². The summed E-state index contributed by atoms with van der Waals surface area (Å²) >= 11 is 11.8. The summed E-state index contributed by atoms with van der Waals surface area (Å²) in [4.78, 5) is 0. The van der Waals surface area contributed by atoms with Gasteiger partial charge in [-0.1, -0.05) is 47.5 Å². The predicted molar refractivity (Wildman–Crippen MR) is 120 cm³/mol. The summed E-state index contributed by atoms with van der Waals surface area (Å²) in [6.07, 6.45) is 2.51. The quantitative estimate of drug-likeness (QED) is 0.352. The highest BCUT2D eigenvalue weighted by Gasteiger charge is 2.36. The number of rotatable bonds is 6. The van der Waals surface area contributed by atoms with Crippen LogP contribution in [-0.2, 0) is 0 Å². The topological polar surface area (TPSA) is 121 Å². The molecular formula is C23H26Cl2O6. The van der Waals surface area contributed by atoms with Crippen molar-refractivity contribution < 1.29 is 30.6 Å². The highest BCUT2D eigenvalue weighted by molar-refractivity contribution is 6.42. The average molecular weight is 469 g/mol. The van der Waals surface area contributed by atoms with Gasteiger partial charge < -0.3 is 30.6 Å². The summed E-state index contributed by atoms with van der Waals surface area (Å²) in [5.41, 5.74) is 1.86. The van der Waals surface area contributed by atoms with E-state index in [4.69, 9.17) is 23.2 Å². The lowest BCUT2D eigenvalue weighted by molar-refractivity contribution is -0.100. The minimum absolute atomic E-state index is 0.239. The molecule has 0 amide bonds. The molecule has 0 aliphatic heterocycles. The van der Waals surface area contributed by atoms with Crippen molar-refractivity contribution in [2.75, 3.05) is 0 Å². The number of aliphatic hydroxyl groups is 6. The Balaban J connectivity index is 1.76. The summed E-state index contributed by atoms with van der Waals surface area (Å²) < 4.78 is 0. The van der Waals surface area contributed by atoms with Gasteiger partial charge in [-0.2, -0.15) is 0 Å². The van der Waals surface area contributed by atoms with Gasteiger partial charge in [-0.25, -0.2) is 0 Å². The molecule has 3 rings (SSSR count). The summed E-state index contributed by atoms with van der Waals surface area (Å²) in [5.74, 6) is -0.839. The van der Waals surface area contributed by atoms with Crippen LogP contribution < -0.4 is 0 Å². The van der Waals surface area contributed by atoms with E-state index in [0.717, 1.165) is 30.9 Å². The van der Waals surface area contributed by atoms with Crippen molar-refractivity contribution in [3.63, 3.8) is 0 Å². The zero-order valence-electron chi connectivity index (χ0n) is 16.7. The van der Waals surface area contributed by atoms with Gasteiger partial charge in [-0.15, -0.1) is 0 Å². The van der Waals surface area contributed by atoms with Crippen molar-refractivity contribution in [2.24, 2.45) is 5.92 Å². The summed E-state index contributed by atoms with van der Waals surface area (Å²) in [5, 5.41) is 62.8. The zero-order valence-corrected chi connectivity index (χ0v) is 18.2. The van der Waals surface area contributed by atoms with Crippen molar-refractivity contribution in [1.29, 1.82) is 0 Å². The lowest BCUT2D eigenvalue weighted by atomic mass is 9.76. The number of halogens is 2. The molecule has 1 fully saturated rings. The molecule has 168 valence electrons. The fraction of sp³-hybridized carbons (Fsp3) is 0.391. The Morgan fingerprint density at radius 2 is 1.71 bits per heavy atom. The van der Waals surface area contributed by atoms with Crippen LogP contribution in [0.15, 0.2) is 59.1 Å². The molecule has 1 aromatic carbocycles. The van der Waals surface area contributed by atoms with E-state index in [0.29, 0.717) is 22.6 Å². The highest BCUT2D eigenvalue weighted by Crippen LogP contribution is 2.40. The van der Waals surface area contributed by atoms with Gasteiger partial charge in [0.2, 0.25) is 0 Å². The monoisotopic (exact) mass is 468 g/mol. The van der Waals surface area contributed by atoms with Gasteiger partial charge >= 0.3 is 0 Å². The Morgan fingerprint density at radius 1 is 1.00 bits per heavy atom. The standard InChI is InChI=1S/C23H26Cl2O6/c24-16-9-8-12(10-17(16)25)11-18(26)20(28)22(30)23(31)21(29)19(27)15-7-3-5-13-4-1-2-6-14(13)15/h1-2,6,8-11,13,20-23,26-31H,3-5,7H2/t13?,20-,21+,22+,23+/m0/s1. The van der Waals surface area contributed by atoms with Crippen molar-refractivity contribution >= 4 is 29.3 Å². The zero-order chi connectivity index (χ0) is 22.7. The smallest absolute Gasteiger partial charge is 0.139 e. The SMILES string of the molecule is OC(=Cc1ccc(Cl)c(Cl)c1)[C@H](O)[C@@H](O)[C@H](O)[C@H](O)C(O)=C1CCCC2CC=CC=C12. The molecule has 1 unspecified atom stereocenters. The van der Waals surface area contributed by atoms with E-state index in [1.807, 2.05) is 18.2 Å². The Bertz CT molecular complexity index is 936. The van der Waals surface area contributed by atoms with Gasteiger partial charge in [-0.3, -0.25) is 0 Å². The number of aliphatic hydroxyl groups excluding tert-OH is 6. The van der Waals surface area contributed by atoms with Crippen molar-refractivity contribution in [1.82, 2.24) is 0 Å². The van der Waals surface area contributed by atoms with Crippen LogP contribution in [0, 0.1) is 5.92 Å². The number of hydrogen-bond donors (Lipinski definition) is 6. The molecule has 8 heteroatoms. The summed E-state index contributed by atoms with van der Waals surface area (Å²) in [6, 6.07) is 4.49. The molecule has 0 radical (unpaired) electrons. The first-order valence-electron chi connectivity index (χ1n) is 10.1. The fourth-order valence-corrected chi connectivity index (χ4v) is 4.30. The van der Waals surface area contributed by atoms with E-state index in [1.54, 1.807) is 0 Å². The Labute approximate surface area is 190 Å². The highest BCUT2D eigenvalue weighted by atomic mass is 35.5. The molecule has 0 spiro atoms. The van der Waals surface area contributed by atoms with Crippen LogP contribution in [0.4, 0.5) is 0 Å². The van der Waals surface area contributed by atoms with Crippen LogP contribution in [0.1, 0.15) is 31.2 Å². The van der Waals surface area contributed by atoms with Crippen LogP contribution in [0.2, 0.25) is 10.0 Å². The van der Waals surface area contributed by atoms with Gasteiger partial charge in [0.1, 0.15) is 35.9 Å². The van der Waals surface area contributed by atoms with E-state index in [-0.39, 0.29) is 10.9 Å². The molecule has 0 heterocycles. The van der Waals surface area contributed by atoms with E-state index in [1.165, 1.54) is 18.2 Å². The van der Waals surface area contributed by atoms with E-state index >= 15 is 0 Å². The lowest BCUT2D eigenvalue weighted by Gasteiger charge is -2.32. The molecular weight excluding hydrogens is 443 g/mol. The van der Waals surface area contributed by atoms with Crippen molar-refractivity contribution in [3.8, 4) is 0 Å². The Morgan fingerprint density at radius 3 is 2.42 bits per heavy atom. The molecule has 2 aliphatic rings. The maximum absolute atomic E-state index is 10.6. The van der Waals surface area contributed by atoms with Crippen molar-refractivity contribution in [2.45, 2.75) is 50.1 Å². The second-order valence-corrected chi connectivity index (χ2v) is 8.67. The molecule has 0 saturated heterocycles.